The molecule has 0 aliphatic heterocycles. The SMILES string of the molecule is NC(=O)c1ccc(CCO)cc1. The number of hydrogen-bond acceptors (Lipinski definition) is 2. The molecule has 0 aromatic heterocycles. The number of primary amides is 1. The summed E-state index contributed by atoms with van der Waals surface area (Å²) in [6, 6.07) is 6.90. The maximum Gasteiger partial charge on any atom is 0.248 e. The highest BCUT2D eigenvalue weighted by Gasteiger charge is 1.98. The zero-order valence-electron chi connectivity index (χ0n) is 6.66. The molecule has 1 aromatic rings. The third-order valence-electron chi connectivity index (χ3n) is 1.64. The Hall–Kier alpha value is -1.35. The molecular weight excluding hydrogens is 154 g/mol. The summed E-state index contributed by atoms with van der Waals surface area (Å²) in [5, 5.41) is 8.61. The van der Waals surface area contributed by atoms with Gasteiger partial charge in [0.05, 0.1) is 0 Å². The van der Waals surface area contributed by atoms with Crippen LogP contribution in [-0.4, -0.2) is 17.6 Å². The number of nitrogens with two attached hydrogens (primary N) is 1. The molecule has 3 heteroatoms. The molecule has 12 heavy (non-hydrogen) atoms. The Bertz CT molecular complexity index is 266. The Labute approximate surface area is 70.8 Å². The van der Waals surface area contributed by atoms with Crippen molar-refractivity contribution in [2.45, 2.75) is 6.42 Å². The van der Waals surface area contributed by atoms with E-state index in [1.54, 1.807) is 24.3 Å². The van der Waals surface area contributed by atoms with Crippen molar-refractivity contribution in [2.75, 3.05) is 6.61 Å². The number of aliphatic hydroxyl groups is 1. The van der Waals surface area contributed by atoms with Crippen molar-refractivity contribution >= 4 is 5.91 Å². The lowest BCUT2D eigenvalue weighted by Gasteiger charge is -1.98. The summed E-state index contributed by atoms with van der Waals surface area (Å²) in [6.07, 6.45) is 0.610. The van der Waals surface area contributed by atoms with Crippen molar-refractivity contribution in [3.05, 3.63) is 35.4 Å². The normalized spacial score (nSPS) is 9.75. The third kappa shape index (κ3) is 2.07. The second kappa shape index (κ2) is 3.88. The fraction of sp³-hybridized carbons (Fsp3) is 0.222. The summed E-state index contributed by atoms with van der Waals surface area (Å²) in [5.41, 5.74) is 6.55. The molecule has 0 atom stereocenters. The minimum atomic E-state index is -0.425. The minimum absolute atomic E-state index is 0.121. The van der Waals surface area contributed by atoms with E-state index >= 15 is 0 Å². The van der Waals surface area contributed by atoms with Crippen LogP contribution in [0.2, 0.25) is 0 Å². The Morgan fingerprint density at radius 1 is 1.33 bits per heavy atom. The zero-order chi connectivity index (χ0) is 8.97. The number of amides is 1. The number of benzene rings is 1. The van der Waals surface area contributed by atoms with Crippen LogP contribution < -0.4 is 5.73 Å². The van der Waals surface area contributed by atoms with E-state index in [0.29, 0.717) is 12.0 Å². The van der Waals surface area contributed by atoms with Gasteiger partial charge < -0.3 is 10.8 Å². The van der Waals surface area contributed by atoms with E-state index in [1.807, 2.05) is 0 Å². The van der Waals surface area contributed by atoms with Gasteiger partial charge in [-0.15, -0.1) is 0 Å². The molecule has 0 saturated carbocycles. The largest absolute Gasteiger partial charge is 0.396 e. The summed E-state index contributed by atoms with van der Waals surface area (Å²) >= 11 is 0. The monoisotopic (exact) mass is 165 g/mol. The molecule has 0 aliphatic carbocycles. The molecule has 1 rings (SSSR count). The van der Waals surface area contributed by atoms with Crippen LogP contribution in [0.25, 0.3) is 0 Å². The van der Waals surface area contributed by atoms with Crippen molar-refractivity contribution in [1.29, 1.82) is 0 Å². The predicted molar refractivity (Wildman–Crippen MR) is 45.7 cm³/mol. The van der Waals surface area contributed by atoms with Gasteiger partial charge >= 0.3 is 0 Å². The lowest BCUT2D eigenvalue weighted by atomic mass is 10.1. The number of hydrogen-bond donors (Lipinski definition) is 2. The lowest BCUT2D eigenvalue weighted by Crippen LogP contribution is -2.10. The van der Waals surface area contributed by atoms with E-state index in [1.165, 1.54) is 0 Å². The topological polar surface area (TPSA) is 63.3 Å². The van der Waals surface area contributed by atoms with Crippen molar-refractivity contribution in [3.8, 4) is 0 Å². The first-order valence-corrected chi connectivity index (χ1v) is 3.73. The zero-order valence-corrected chi connectivity index (χ0v) is 6.66. The van der Waals surface area contributed by atoms with Crippen molar-refractivity contribution in [3.63, 3.8) is 0 Å². The van der Waals surface area contributed by atoms with Crippen LogP contribution >= 0.6 is 0 Å². The van der Waals surface area contributed by atoms with Crippen LogP contribution in [0, 0.1) is 0 Å². The van der Waals surface area contributed by atoms with Gasteiger partial charge in [-0.2, -0.15) is 0 Å². The molecule has 3 nitrogen and oxygen atoms in total. The summed E-state index contributed by atoms with van der Waals surface area (Å²) < 4.78 is 0. The Morgan fingerprint density at radius 2 is 1.92 bits per heavy atom. The number of aliphatic hydroxyl groups excluding tert-OH is 1. The highest BCUT2D eigenvalue weighted by molar-refractivity contribution is 5.92. The first kappa shape index (κ1) is 8.74. The van der Waals surface area contributed by atoms with Crippen LogP contribution in [0.1, 0.15) is 15.9 Å². The molecule has 0 bridgehead atoms. The highest BCUT2D eigenvalue weighted by atomic mass is 16.2. The van der Waals surface area contributed by atoms with Gasteiger partial charge in [0.1, 0.15) is 0 Å². The maximum atomic E-state index is 10.6. The molecule has 0 saturated heterocycles. The van der Waals surface area contributed by atoms with Gasteiger partial charge in [0.15, 0.2) is 0 Å². The van der Waals surface area contributed by atoms with E-state index in [-0.39, 0.29) is 6.61 Å². The summed E-state index contributed by atoms with van der Waals surface area (Å²) in [6.45, 7) is 0.121. The molecule has 1 aromatic carbocycles. The number of rotatable bonds is 3. The summed E-state index contributed by atoms with van der Waals surface area (Å²) in [7, 11) is 0. The van der Waals surface area contributed by atoms with Crippen LogP contribution in [0.3, 0.4) is 0 Å². The van der Waals surface area contributed by atoms with Crippen LogP contribution in [0.15, 0.2) is 24.3 Å². The minimum Gasteiger partial charge on any atom is -0.396 e. The summed E-state index contributed by atoms with van der Waals surface area (Å²) in [4.78, 5) is 10.6. The van der Waals surface area contributed by atoms with Crippen LogP contribution in [0.4, 0.5) is 0 Å². The van der Waals surface area contributed by atoms with Crippen molar-refractivity contribution in [2.24, 2.45) is 5.73 Å². The molecule has 0 fully saturated rings. The smallest absolute Gasteiger partial charge is 0.248 e. The molecule has 0 heterocycles. The molecule has 1 amide bonds. The van der Waals surface area contributed by atoms with Gasteiger partial charge in [-0.1, -0.05) is 12.1 Å². The van der Waals surface area contributed by atoms with E-state index < -0.39 is 5.91 Å². The lowest BCUT2D eigenvalue weighted by molar-refractivity contribution is 0.100. The van der Waals surface area contributed by atoms with Gasteiger partial charge in [-0.3, -0.25) is 4.79 Å². The maximum absolute atomic E-state index is 10.6. The second-order valence-electron chi connectivity index (χ2n) is 2.53. The first-order valence-electron chi connectivity index (χ1n) is 3.73. The quantitative estimate of drug-likeness (QED) is 0.677. The number of carbonyl (C=O) groups excluding carboxylic acids is 1. The Balaban J connectivity index is 2.78. The van der Waals surface area contributed by atoms with E-state index in [2.05, 4.69) is 0 Å². The van der Waals surface area contributed by atoms with Gasteiger partial charge in [-0.05, 0) is 24.1 Å². The fourth-order valence-electron chi connectivity index (χ4n) is 0.965. The van der Waals surface area contributed by atoms with Crippen LogP contribution in [-0.2, 0) is 6.42 Å². The summed E-state index contributed by atoms with van der Waals surface area (Å²) in [5.74, 6) is -0.425. The highest BCUT2D eigenvalue weighted by Crippen LogP contribution is 2.03. The second-order valence-corrected chi connectivity index (χ2v) is 2.53. The first-order chi connectivity index (χ1) is 5.74. The predicted octanol–water partition coefficient (Wildman–Crippen LogP) is 0.320. The van der Waals surface area contributed by atoms with E-state index in [9.17, 15) is 4.79 Å². The van der Waals surface area contributed by atoms with Gasteiger partial charge in [0, 0.05) is 12.2 Å². The molecule has 64 valence electrons. The fourth-order valence-corrected chi connectivity index (χ4v) is 0.965. The van der Waals surface area contributed by atoms with Crippen LogP contribution in [0.5, 0.6) is 0 Å². The molecule has 0 unspecified atom stereocenters. The standard InChI is InChI=1S/C9H11NO2/c10-9(12)8-3-1-7(2-4-8)5-6-11/h1-4,11H,5-6H2,(H2,10,12). The Kier molecular flexibility index (Phi) is 2.82. The molecular formula is C9H11NO2. The third-order valence-corrected chi connectivity index (χ3v) is 1.64. The molecule has 0 radical (unpaired) electrons. The molecule has 0 aliphatic rings. The van der Waals surface area contributed by atoms with Gasteiger partial charge in [0.25, 0.3) is 0 Å². The van der Waals surface area contributed by atoms with Crippen molar-refractivity contribution < 1.29 is 9.90 Å². The molecule has 3 N–H and O–H groups in total. The van der Waals surface area contributed by atoms with Gasteiger partial charge in [-0.25, -0.2) is 0 Å². The van der Waals surface area contributed by atoms with E-state index in [0.717, 1.165) is 5.56 Å². The molecule has 0 spiro atoms. The average Bonchev–Trinajstić information content (AvgIpc) is 2.06. The number of carbonyl (C=O) groups is 1. The average molecular weight is 165 g/mol. The van der Waals surface area contributed by atoms with Gasteiger partial charge in [0.2, 0.25) is 5.91 Å². The van der Waals surface area contributed by atoms with E-state index in [4.69, 9.17) is 10.8 Å². The van der Waals surface area contributed by atoms with Crippen molar-refractivity contribution in [1.82, 2.24) is 0 Å². The Morgan fingerprint density at radius 3 is 2.33 bits per heavy atom.